The van der Waals surface area contributed by atoms with Gasteiger partial charge in [-0.15, -0.1) is 11.8 Å². The molecule has 2 aliphatic heterocycles. The lowest BCUT2D eigenvalue weighted by Gasteiger charge is -2.20. The van der Waals surface area contributed by atoms with E-state index in [1.54, 1.807) is 30.0 Å². The predicted octanol–water partition coefficient (Wildman–Crippen LogP) is 2.64. The molecule has 4 nitrogen and oxygen atoms in total. The largest absolute Gasteiger partial charge is 0.488 e. The van der Waals surface area contributed by atoms with Crippen molar-refractivity contribution in [3.63, 3.8) is 0 Å². The Morgan fingerprint density at radius 2 is 2.24 bits per heavy atom. The molecule has 21 heavy (non-hydrogen) atoms. The first kappa shape index (κ1) is 15.3. The second kappa shape index (κ2) is 6.65. The number of likely N-dealkylation sites (tertiary alicyclic amines) is 1. The molecule has 0 saturated carbocycles. The van der Waals surface area contributed by atoms with Gasteiger partial charge in [-0.2, -0.15) is 0 Å². The summed E-state index contributed by atoms with van der Waals surface area (Å²) >= 11 is 13.6. The fourth-order valence-electron chi connectivity index (χ4n) is 2.54. The van der Waals surface area contributed by atoms with Gasteiger partial charge in [0.1, 0.15) is 11.9 Å². The van der Waals surface area contributed by atoms with E-state index in [0.717, 1.165) is 24.6 Å². The summed E-state index contributed by atoms with van der Waals surface area (Å²) in [5.41, 5.74) is 0. The van der Waals surface area contributed by atoms with Crippen LogP contribution in [0.4, 0.5) is 0 Å². The summed E-state index contributed by atoms with van der Waals surface area (Å²) in [7, 11) is 0. The van der Waals surface area contributed by atoms with E-state index in [9.17, 15) is 4.79 Å². The number of carbonyl (C=O) groups is 1. The van der Waals surface area contributed by atoms with E-state index >= 15 is 0 Å². The first-order valence-electron chi connectivity index (χ1n) is 6.85. The number of carbonyl (C=O) groups excluding carboxylic acids is 1. The zero-order valence-electron chi connectivity index (χ0n) is 11.4. The molecule has 2 unspecified atom stereocenters. The van der Waals surface area contributed by atoms with E-state index < -0.39 is 0 Å². The highest BCUT2D eigenvalue weighted by Crippen LogP contribution is 2.28. The molecular weight excluding hydrogens is 331 g/mol. The monoisotopic (exact) mass is 346 g/mol. The molecule has 0 radical (unpaired) electrons. The number of benzene rings is 1. The van der Waals surface area contributed by atoms with E-state index in [0.29, 0.717) is 22.3 Å². The van der Waals surface area contributed by atoms with Crippen LogP contribution in [0.15, 0.2) is 18.2 Å². The zero-order valence-corrected chi connectivity index (χ0v) is 13.7. The van der Waals surface area contributed by atoms with Crippen molar-refractivity contribution in [2.45, 2.75) is 18.6 Å². The summed E-state index contributed by atoms with van der Waals surface area (Å²) in [5, 5.41) is 4.20. The molecule has 2 fully saturated rings. The number of hydrogen-bond donors (Lipinski definition) is 1. The molecule has 1 amide bonds. The number of nitrogens with one attached hydrogen (secondary N) is 1. The third-order valence-electron chi connectivity index (χ3n) is 3.66. The van der Waals surface area contributed by atoms with E-state index in [4.69, 9.17) is 27.9 Å². The van der Waals surface area contributed by atoms with Crippen LogP contribution in [-0.2, 0) is 4.79 Å². The Morgan fingerprint density at radius 1 is 1.38 bits per heavy atom. The molecule has 0 aromatic heterocycles. The summed E-state index contributed by atoms with van der Waals surface area (Å²) < 4.78 is 5.89. The van der Waals surface area contributed by atoms with E-state index in [-0.39, 0.29) is 18.1 Å². The maximum atomic E-state index is 12.3. The first-order valence-corrected chi connectivity index (χ1v) is 8.76. The van der Waals surface area contributed by atoms with Gasteiger partial charge in [0.15, 0.2) is 0 Å². The Hall–Kier alpha value is -0.620. The second-order valence-electron chi connectivity index (χ2n) is 5.16. The van der Waals surface area contributed by atoms with Crippen LogP contribution in [-0.4, -0.2) is 47.7 Å². The van der Waals surface area contributed by atoms with Crippen molar-refractivity contribution in [3.8, 4) is 5.75 Å². The van der Waals surface area contributed by atoms with Crippen molar-refractivity contribution in [3.05, 3.63) is 28.2 Å². The third kappa shape index (κ3) is 3.59. The van der Waals surface area contributed by atoms with Crippen LogP contribution in [0.2, 0.25) is 10.0 Å². The minimum absolute atomic E-state index is 0.0141. The van der Waals surface area contributed by atoms with Gasteiger partial charge >= 0.3 is 0 Å². The zero-order chi connectivity index (χ0) is 14.8. The van der Waals surface area contributed by atoms with Crippen molar-refractivity contribution in [2.75, 3.05) is 24.7 Å². The number of halogens is 2. The molecule has 2 aliphatic rings. The average Bonchev–Trinajstić information content (AvgIpc) is 3.13. The number of rotatable bonds is 3. The topological polar surface area (TPSA) is 41.6 Å². The standard InChI is InChI=1S/C14H16Cl2N2O2S/c15-11-2-1-9(5-12(11)16)20-10-3-4-18(6-10)14(19)13-7-21-8-17-13/h1-2,5,10,13,17H,3-4,6-8H2. The van der Waals surface area contributed by atoms with Crippen molar-refractivity contribution in [1.82, 2.24) is 10.2 Å². The molecule has 0 bridgehead atoms. The van der Waals surface area contributed by atoms with Crippen LogP contribution in [0.3, 0.4) is 0 Å². The normalized spacial score (nSPS) is 25.3. The van der Waals surface area contributed by atoms with Crippen LogP contribution < -0.4 is 10.1 Å². The molecule has 1 aromatic carbocycles. The van der Waals surface area contributed by atoms with Crippen LogP contribution in [0, 0.1) is 0 Å². The minimum atomic E-state index is -0.0428. The van der Waals surface area contributed by atoms with Crippen molar-refractivity contribution >= 4 is 40.9 Å². The van der Waals surface area contributed by atoms with Crippen molar-refractivity contribution < 1.29 is 9.53 Å². The fraction of sp³-hybridized carbons (Fsp3) is 0.500. The molecule has 1 aromatic rings. The summed E-state index contributed by atoms with van der Waals surface area (Å²) in [4.78, 5) is 14.2. The highest BCUT2D eigenvalue weighted by molar-refractivity contribution is 7.99. The Morgan fingerprint density at radius 3 is 2.95 bits per heavy atom. The molecule has 7 heteroatoms. The summed E-state index contributed by atoms with van der Waals surface area (Å²) in [6.45, 7) is 1.37. The van der Waals surface area contributed by atoms with E-state index in [1.165, 1.54) is 0 Å². The maximum Gasteiger partial charge on any atom is 0.240 e. The van der Waals surface area contributed by atoms with Crippen LogP contribution in [0.1, 0.15) is 6.42 Å². The third-order valence-corrected chi connectivity index (χ3v) is 5.34. The lowest BCUT2D eigenvalue weighted by atomic mass is 10.3. The Bertz CT molecular complexity index is 538. The Kier molecular flexibility index (Phi) is 4.84. The molecule has 0 aliphatic carbocycles. The van der Waals surface area contributed by atoms with Crippen molar-refractivity contribution in [1.29, 1.82) is 0 Å². The SMILES string of the molecule is O=C(C1CSCN1)N1CCC(Oc2ccc(Cl)c(Cl)c2)C1. The van der Waals surface area contributed by atoms with Gasteiger partial charge in [-0.1, -0.05) is 23.2 Å². The summed E-state index contributed by atoms with van der Waals surface area (Å²) in [6.07, 6.45) is 0.853. The van der Waals surface area contributed by atoms with Gasteiger partial charge in [-0.25, -0.2) is 0 Å². The molecule has 2 heterocycles. The predicted molar refractivity (Wildman–Crippen MR) is 86.3 cm³/mol. The van der Waals surface area contributed by atoms with Gasteiger partial charge < -0.3 is 9.64 Å². The number of hydrogen-bond acceptors (Lipinski definition) is 4. The lowest BCUT2D eigenvalue weighted by molar-refractivity contribution is -0.131. The molecule has 114 valence electrons. The molecule has 3 rings (SSSR count). The number of thioether (sulfide) groups is 1. The fourth-order valence-corrected chi connectivity index (χ4v) is 3.76. The smallest absolute Gasteiger partial charge is 0.240 e. The van der Waals surface area contributed by atoms with Gasteiger partial charge in [0.05, 0.1) is 22.6 Å². The van der Waals surface area contributed by atoms with Gasteiger partial charge in [0, 0.05) is 30.7 Å². The lowest BCUT2D eigenvalue weighted by Crippen LogP contribution is -2.44. The van der Waals surface area contributed by atoms with E-state index in [2.05, 4.69) is 5.32 Å². The minimum Gasteiger partial charge on any atom is -0.488 e. The Labute approximate surface area is 138 Å². The van der Waals surface area contributed by atoms with Gasteiger partial charge in [-0.3, -0.25) is 10.1 Å². The Balaban J connectivity index is 1.56. The summed E-state index contributed by atoms with van der Waals surface area (Å²) in [6, 6.07) is 5.19. The quantitative estimate of drug-likeness (QED) is 0.913. The molecule has 1 N–H and O–H groups in total. The van der Waals surface area contributed by atoms with E-state index in [1.807, 2.05) is 4.90 Å². The highest BCUT2D eigenvalue weighted by Gasteiger charge is 2.33. The van der Waals surface area contributed by atoms with Crippen LogP contribution >= 0.6 is 35.0 Å². The van der Waals surface area contributed by atoms with Crippen molar-refractivity contribution in [2.24, 2.45) is 0 Å². The number of ether oxygens (including phenoxy) is 1. The molecule has 2 saturated heterocycles. The number of nitrogens with zero attached hydrogens (tertiary/aromatic N) is 1. The molecular formula is C14H16Cl2N2O2S. The van der Waals surface area contributed by atoms with Gasteiger partial charge in [-0.05, 0) is 12.1 Å². The maximum absolute atomic E-state index is 12.3. The molecule has 0 spiro atoms. The van der Waals surface area contributed by atoms with Crippen LogP contribution in [0.5, 0.6) is 5.75 Å². The molecule has 2 atom stereocenters. The first-order chi connectivity index (χ1) is 10.1. The average molecular weight is 347 g/mol. The second-order valence-corrected chi connectivity index (χ2v) is 7.01. The van der Waals surface area contributed by atoms with Gasteiger partial charge in [0.25, 0.3) is 0 Å². The van der Waals surface area contributed by atoms with Gasteiger partial charge in [0.2, 0.25) is 5.91 Å². The highest BCUT2D eigenvalue weighted by atomic mass is 35.5. The summed E-state index contributed by atoms with van der Waals surface area (Å²) in [5.74, 6) is 2.58. The van der Waals surface area contributed by atoms with Crippen LogP contribution in [0.25, 0.3) is 0 Å². The number of amides is 1.